The zero-order valence-corrected chi connectivity index (χ0v) is 32.9. The number of aromatic nitrogens is 4. The number of rotatable bonds is 8. The molecule has 58 heavy (non-hydrogen) atoms. The highest BCUT2D eigenvalue weighted by Gasteiger charge is 2.24. The molecule has 0 unspecified atom stereocenters. The van der Waals surface area contributed by atoms with Crippen molar-refractivity contribution in [2.45, 2.75) is 33.1 Å². The Morgan fingerprint density at radius 3 is 1.79 bits per heavy atom. The van der Waals surface area contributed by atoms with Gasteiger partial charge in [0.1, 0.15) is 0 Å². The fraction of sp³-hybridized carbons (Fsp3) is 0.0962. The topological polar surface area (TPSA) is 91.2 Å². The van der Waals surface area contributed by atoms with Crippen LogP contribution in [0.2, 0.25) is 0 Å². The number of nitriles is 2. The maximum Gasteiger partial charge on any atom is 0.164 e. The molecule has 0 amide bonds. The average molecular weight is 749 g/mol. The van der Waals surface area contributed by atoms with Gasteiger partial charge >= 0.3 is 0 Å². The monoisotopic (exact) mass is 748 g/mol. The molecule has 0 aliphatic heterocycles. The summed E-state index contributed by atoms with van der Waals surface area (Å²) in [5.41, 5.74) is 11.1. The average Bonchev–Trinajstić information content (AvgIpc) is 3.59. The molecule has 0 aliphatic carbocycles. The van der Waals surface area contributed by atoms with E-state index in [9.17, 15) is 10.5 Å². The SMILES string of the molecule is C=C(/C=C\C(C#N)=C/C)c1cc(-c2nc(-c3ccccc3)nc(-c3ccccc3)n2)cc(-c2ccc(C#N)cc2)c1-n1c2ccccc2c2cc(C(C)(C)C)ccc21. The molecular formula is C52H40N6. The summed E-state index contributed by atoms with van der Waals surface area (Å²) in [6, 6.07) is 51.5. The lowest BCUT2D eigenvalue weighted by molar-refractivity contribution is 0.591. The molecule has 0 radical (unpaired) electrons. The normalized spacial score (nSPS) is 11.9. The van der Waals surface area contributed by atoms with Crippen LogP contribution in [0.25, 0.3) is 78.4 Å². The van der Waals surface area contributed by atoms with E-state index >= 15 is 0 Å². The zero-order chi connectivity index (χ0) is 40.4. The quantitative estimate of drug-likeness (QED) is 0.114. The van der Waals surface area contributed by atoms with Gasteiger partial charge in [-0.1, -0.05) is 137 Å². The summed E-state index contributed by atoms with van der Waals surface area (Å²) in [6.07, 6.45) is 5.48. The minimum atomic E-state index is -0.0517. The third-order valence-electron chi connectivity index (χ3n) is 10.4. The molecule has 6 nitrogen and oxygen atoms in total. The molecule has 0 fully saturated rings. The van der Waals surface area contributed by atoms with Crippen LogP contribution in [0.4, 0.5) is 0 Å². The van der Waals surface area contributed by atoms with Gasteiger partial charge in [-0.15, -0.1) is 0 Å². The van der Waals surface area contributed by atoms with Crippen molar-refractivity contribution in [3.8, 4) is 63.1 Å². The smallest absolute Gasteiger partial charge is 0.164 e. The first-order valence-corrected chi connectivity index (χ1v) is 19.2. The van der Waals surface area contributed by atoms with Crippen LogP contribution in [0.15, 0.2) is 170 Å². The number of benzene rings is 6. The van der Waals surface area contributed by atoms with Crippen LogP contribution in [-0.4, -0.2) is 19.5 Å². The summed E-state index contributed by atoms with van der Waals surface area (Å²) >= 11 is 0. The van der Waals surface area contributed by atoms with Gasteiger partial charge in [-0.2, -0.15) is 10.5 Å². The lowest BCUT2D eigenvalue weighted by atomic mass is 9.86. The molecule has 0 bridgehead atoms. The molecule has 2 aromatic heterocycles. The van der Waals surface area contributed by atoms with Crippen molar-refractivity contribution in [3.05, 3.63) is 187 Å². The Kier molecular flexibility index (Phi) is 9.93. The lowest BCUT2D eigenvalue weighted by Crippen LogP contribution is -2.10. The Labute approximate surface area is 339 Å². The molecule has 0 saturated heterocycles. The van der Waals surface area contributed by atoms with Gasteiger partial charge < -0.3 is 4.57 Å². The van der Waals surface area contributed by atoms with Gasteiger partial charge in [0.2, 0.25) is 0 Å². The van der Waals surface area contributed by atoms with Crippen molar-refractivity contribution in [1.82, 2.24) is 19.5 Å². The van der Waals surface area contributed by atoms with Crippen molar-refractivity contribution < 1.29 is 0 Å². The summed E-state index contributed by atoms with van der Waals surface area (Å²) in [7, 11) is 0. The van der Waals surface area contributed by atoms with Crippen LogP contribution in [0.5, 0.6) is 0 Å². The van der Waals surface area contributed by atoms with Gasteiger partial charge in [-0.25, -0.2) is 15.0 Å². The number of hydrogen-bond donors (Lipinski definition) is 0. The Balaban J connectivity index is 1.50. The standard InChI is InChI=1S/C52H40N6/c1-6-35(32-53)22-21-34(2)43-29-40(51-56-49(38-15-9-7-10-16-38)55-50(57-51)39-17-11-8-12-18-39)30-44(37-25-23-36(33-54)24-26-37)48(43)58-46-20-14-13-19-42(46)45-31-41(52(3,4)5)27-28-47(45)58/h6-31H,2H2,1,3-5H3/b22-21-,35-6+. The second-order valence-corrected chi connectivity index (χ2v) is 15.2. The molecular weight excluding hydrogens is 709 g/mol. The summed E-state index contributed by atoms with van der Waals surface area (Å²) in [5, 5.41) is 21.9. The summed E-state index contributed by atoms with van der Waals surface area (Å²) in [6.45, 7) is 13.2. The Hall–Kier alpha value is -7.67. The molecule has 0 atom stereocenters. The first-order valence-electron chi connectivity index (χ1n) is 19.2. The summed E-state index contributed by atoms with van der Waals surface area (Å²) in [4.78, 5) is 15.2. The van der Waals surface area contributed by atoms with Crippen molar-refractivity contribution in [1.29, 1.82) is 10.5 Å². The molecule has 6 aromatic carbocycles. The maximum absolute atomic E-state index is 9.85. The third kappa shape index (κ3) is 7.12. The second-order valence-electron chi connectivity index (χ2n) is 15.2. The van der Waals surface area contributed by atoms with Crippen LogP contribution in [0.1, 0.15) is 44.4 Å². The first kappa shape index (κ1) is 37.3. The Morgan fingerprint density at radius 1 is 0.621 bits per heavy atom. The Bertz CT molecular complexity index is 2950. The van der Waals surface area contributed by atoms with Crippen LogP contribution < -0.4 is 0 Å². The molecule has 0 N–H and O–H groups in total. The van der Waals surface area contributed by atoms with Crippen molar-refractivity contribution in [2.24, 2.45) is 0 Å². The van der Waals surface area contributed by atoms with E-state index in [-0.39, 0.29) is 5.41 Å². The molecule has 0 saturated carbocycles. The van der Waals surface area contributed by atoms with E-state index in [1.165, 1.54) is 5.56 Å². The second kappa shape index (κ2) is 15.5. The van der Waals surface area contributed by atoms with Crippen LogP contribution in [0, 0.1) is 22.7 Å². The maximum atomic E-state index is 9.85. The first-order chi connectivity index (χ1) is 28.2. The van der Waals surface area contributed by atoms with Gasteiger partial charge in [0.05, 0.1) is 34.4 Å². The van der Waals surface area contributed by atoms with Crippen molar-refractivity contribution in [2.75, 3.05) is 0 Å². The molecule has 0 aliphatic rings. The van der Waals surface area contributed by atoms with E-state index in [0.717, 1.165) is 60.9 Å². The number of para-hydroxylation sites is 1. The fourth-order valence-corrected chi connectivity index (χ4v) is 7.29. The van der Waals surface area contributed by atoms with Gasteiger partial charge in [0.25, 0.3) is 0 Å². The van der Waals surface area contributed by atoms with Crippen LogP contribution >= 0.6 is 0 Å². The highest BCUT2D eigenvalue weighted by atomic mass is 15.0. The van der Waals surface area contributed by atoms with Gasteiger partial charge in [-0.05, 0) is 77.6 Å². The van der Waals surface area contributed by atoms with Gasteiger partial charge in [0.15, 0.2) is 17.5 Å². The van der Waals surface area contributed by atoms with E-state index in [1.54, 1.807) is 12.2 Å². The molecule has 0 spiro atoms. The predicted molar refractivity (Wildman–Crippen MR) is 237 cm³/mol. The Morgan fingerprint density at radius 2 is 1.21 bits per heavy atom. The van der Waals surface area contributed by atoms with E-state index in [2.05, 4.69) is 98.7 Å². The molecule has 8 aromatic rings. The van der Waals surface area contributed by atoms with E-state index in [4.69, 9.17) is 15.0 Å². The van der Waals surface area contributed by atoms with E-state index in [0.29, 0.717) is 34.2 Å². The molecule has 278 valence electrons. The largest absolute Gasteiger partial charge is 0.308 e. The number of allylic oxidation sites excluding steroid dienone is 5. The van der Waals surface area contributed by atoms with E-state index < -0.39 is 0 Å². The number of fused-ring (bicyclic) bond motifs is 3. The van der Waals surface area contributed by atoms with Crippen molar-refractivity contribution in [3.63, 3.8) is 0 Å². The lowest BCUT2D eigenvalue weighted by Gasteiger charge is -2.22. The summed E-state index contributed by atoms with van der Waals surface area (Å²) < 4.78 is 2.32. The van der Waals surface area contributed by atoms with Crippen molar-refractivity contribution >= 4 is 27.4 Å². The van der Waals surface area contributed by atoms with Gasteiger partial charge in [0, 0.05) is 44.2 Å². The summed E-state index contributed by atoms with van der Waals surface area (Å²) in [5.74, 6) is 1.60. The fourth-order valence-electron chi connectivity index (χ4n) is 7.29. The minimum Gasteiger partial charge on any atom is -0.308 e. The van der Waals surface area contributed by atoms with Crippen LogP contribution in [-0.2, 0) is 5.41 Å². The minimum absolute atomic E-state index is 0.0517. The number of nitrogens with zero attached hydrogens (tertiary/aromatic N) is 6. The zero-order valence-electron chi connectivity index (χ0n) is 32.9. The highest BCUT2D eigenvalue weighted by molar-refractivity contribution is 6.11. The highest BCUT2D eigenvalue weighted by Crippen LogP contribution is 2.43. The molecule has 2 heterocycles. The van der Waals surface area contributed by atoms with E-state index in [1.807, 2.05) is 97.9 Å². The third-order valence-corrected chi connectivity index (χ3v) is 10.4. The molecule has 8 rings (SSSR count). The molecule has 6 heteroatoms. The van der Waals surface area contributed by atoms with Gasteiger partial charge in [-0.3, -0.25) is 0 Å². The predicted octanol–water partition coefficient (Wildman–Crippen LogP) is 12.8. The number of hydrogen-bond acceptors (Lipinski definition) is 5. The van der Waals surface area contributed by atoms with Crippen LogP contribution in [0.3, 0.4) is 0 Å².